The molecule has 0 radical (unpaired) electrons. The number of rotatable bonds is 3. The van der Waals surface area contributed by atoms with Gasteiger partial charge < -0.3 is 4.74 Å². The molecule has 6 heteroatoms. The van der Waals surface area contributed by atoms with Crippen molar-refractivity contribution in [2.24, 2.45) is 0 Å². The van der Waals surface area contributed by atoms with Crippen molar-refractivity contribution in [3.63, 3.8) is 0 Å². The highest BCUT2D eigenvalue weighted by atomic mass is 35.5. The Morgan fingerprint density at radius 1 is 1.31 bits per heavy atom. The second-order valence-electron chi connectivity index (χ2n) is 3.11. The van der Waals surface area contributed by atoms with Crippen LogP contribution in [0, 0.1) is 0 Å². The highest BCUT2D eigenvalue weighted by molar-refractivity contribution is 6.33. The van der Waals surface area contributed by atoms with Crippen LogP contribution in [0.25, 0.3) is 5.69 Å². The molecule has 0 atom stereocenters. The van der Waals surface area contributed by atoms with Crippen molar-refractivity contribution in [3.8, 4) is 5.69 Å². The summed E-state index contributed by atoms with van der Waals surface area (Å²) in [6, 6.07) is 5.29. The molecule has 2 heterocycles. The standard InChI is InChI=1S/C10H9Cl2N3O/c1-16-6-7-4-5-13-15(7)8-2-3-9(11)14-10(8)12/h2-5H,6H2,1H3. The molecule has 0 aliphatic heterocycles. The molecule has 16 heavy (non-hydrogen) atoms. The second kappa shape index (κ2) is 4.82. The Hall–Kier alpha value is -1.10. The van der Waals surface area contributed by atoms with Crippen LogP contribution in [0.3, 0.4) is 0 Å². The molecule has 84 valence electrons. The maximum Gasteiger partial charge on any atom is 0.156 e. The molecule has 0 aromatic carbocycles. The Balaban J connectivity index is 2.46. The van der Waals surface area contributed by atoms with Gasteiger partial charge >= 0.3 is 0 Å². The largest absolute Gasteiger partial charge is 0.378 e. The van der Waals surface area contributed by atoms with Gasteiger partial charge in [-0.1, -0.05) is 23.2 Å². The van der Waals surface area contributed by atoms with Gasteiger partial charge in [0.15, 0.2) is 5.15 Å². The number of methoxy groups -OCH3 is 1. The maximum atomic E-state index is 6.00. The van der Waals surface area contributed by atoms with Crippen molar-refractivity contribution >= 4 is 23.2 Å². The van der Waals surface area contributed by atoms with Gasteiger partial charge in [0, 0.05) is 13.3 Å². The lowest BCUT2D eigenvalue weighted by atomic mass is 10.4. The van der Waals surface area contributed by atoms with E-state index in [4.69, 9.17) is 27.9 Å². The van der Waals surface area contributed by atoms with Crippen LogP contribution in [-0.4, -0.2) is 21.9 Å². The average Bonchev–Trinajstić information content (AvgIpc) is 2.67. The zero-order valence-corrected chi connectivity index (χ0v) is 10.0. The van der Waals surface area contributed by atoms with Crippen LogP contribution in [0.4, 0.5) is 0 Å². The summed E-state index contributed by atoms with van der Waals surface area (Å²) in [7, 11) is 1.62. The number of halogens is 2. The lowest BCUT2D eigenvalue weighted by Crippen LogP contribution is -2.04. The maximum absolute atomic E-state index is 6.00. The van der Waals surface area contributed by atoms with Gasteiger partial charge in [0.1, 0.15) is 10.8 Å². The SMILES string of the molecule is COCc1ccnn1-c1ccc(Cl)nc1Cl. The van der Waals surface area contributed by atoms with E-state index in [0.717, 1.165) is 5.69 Å². The summed E-state index contributed by atoms with van der Waals surface area (Å²) in [4.78, 5) is 3.96. The number of hydrogen-bond acceptors (Lipinski definition) is 3. The van der Waals surface area contributed by atoms with E-state index in [1.807, 2.05) is 6.07 Å². The lowest BCUT2D eigenvalue weighted by molar-refractivity contribution is 0.179. The summed E-state index contributed by atoms with van der Waals surface area (Å²) in [6.45, 7) is 0.457. The minimum Gasteiger partial charge on any atom is -0.378 e. The third-order valence-corrected chi connectivity index (χ3v) is 2.53. The van der Waals surface area contributed by atoms with Gasteiger partial charge in [0.05, 0.1) is 12.3 Å². The van der Waals surface area contributed by atoms with Crippen molar-refractivity contribution in [3.05, 3.63) is 40.4 Å². The Kier molecular flexibility index (Phi) is 3.43. The molecular weight excluding hydrogens is 249 g/mol. The molecule has 2 rings (SSSR count). The predicted octanol–water partition coefficient (Wildman–Crippen LogP) is 2.72. The number of nitrogens with zero attached hydrogens (tertiary/aromatic N) is 3. The van der Waals surface area contributed by atoms with Crippen molar-refractivity contribution in [2.45, 2.75) is 6.61 Å². The van der Waals surface area contributed by atoms with Crippen molar-refractivity contribution in [2.75, 3.05) is 7.11 Å². The first-order valence-electron chi connectivity index (χ1n) is 4.56. The topological polar surface area (TPSA) is 39.9 Å². The van der Waals surface area contributed by atoms with Gasteiger partial charge in [0.2, 0.25) is 0 Å². The number of aromatic nitrogens is 3. The van der Waals surface area contributed by atoms with Crippen molar-refractivity contribution < 1.29 is 4.74 Å². The molecule has 2 aromatic rings. The quantitative estimate of drug-likeness (QED) is 0.794. The minimum absolute atomic E-state index is 0.313. The molecule has 0 aliphatic carbocycles. The number of hydrogen-bond donors (Lipinski definition) is 0. The molecule has 0 fully saturated rings. The third kappa shape index (κ3) is 2.19. The fraction of sp³-hybridized carbons (Fsp3) is 0.200. The summed E-state index contributed by atoms with van der Waals surface area (Å²) in [5.74, 6) is 0. The Bertz CT molecular complexity index is 499. The molecule has 0 saturated heterocycles. The monoisotopic (exact) mass is 257 g/mol. The van der Waals surface area contributed by atoms with Crippen LogP contribution in [0.15, 0.2) is 24.4 Å². The molecule has 0 aliphatic rings. The van der Waals surface area contributed by atoms with Crippen LogP contribution in [0.1, 0.15) is 5.69 Å². The van der Waals surface area contributed by atoms with Gasteiger partial charge in [-0.15, -0.1) is 0 Å². The minimum atomic E-state index is 0.313. The zero-order chi connectivity index (χ0) is 11.5. The molecule has 0 spiro atoms. The first-order chi connectivity index (χ1) is 7.72. The van der Waals surface area contributed by atoms with Gasteiger partial charge in [-0.05, 0) is 18.2 Å². The fourth-order valence-electron chi connectivity index (χ4n) is 1.37. The molecule has 0 unspecified atom stereocenters. The summed E-state index contributed by atoms with van der Waals surface area (Å²) >= 11 is 11.7. The summed E-state index contributed by atoms with van der Waals surface area (Å²) in [6.07, 6.45) is 1.68. The third-order valence-electron chi connectivity index (χ3n) is 2.04. The smallest absolute Gasteiger partial charge is 0.156 e. The number of pyridine rings is 1. The van der Waals surface area contributed by atoms with Crippen LogP contribution in [0.2, 0.25) is 10.3 Å². The van der Waals surface area contributed by atoms with Crippen LogP contribution >= 0.6 is 23.2 Å². The summed E-state index contributed by atoms with van der Waals surface area (Å²) in [5.41, 5.74) is 1.58. The second-order valence-corrected chi connectivity index (χ2v) is 3.86. The first kappa shape index (κ1) is 11.4. The van der Waals surface area contributed by atoms with E-state index in [1.54, 1.807) is 30.1 Å². The van der Waals surface area contributed by atoms with E-state index in [9.17, 15) is 0 Å². The molecule has 0 bridgehead atoms. The normalized spacial score (nSPS) is 10.7. The zero-order valence-electron chi connectivity index (χ0n) is 8.52. The lowest BCUT2D eigenvalue weighted by Gasteiger charge is -2.07. The van der Waals surface area contributed by atoms with E-state index in [2.05, 4.69) is 10.1 Å². The molecule has 0 amide bonds. The fourth-order valence-corrected chi connectivity index (χ4v) is 1.79. The van der Waals surface area contributed by atoms with E-state index < -0.39 is 0 Å². The Morgan fingerprint density at radius 3 is 2.81 bits per heavy atom. The molecule has 0 N–H and O–H groups in total. The van der Waals surface area contributed by atoms with E-state index in [0.29, 0.717) is 22.6 Å². The Labute approximate surface area is 103 Å². The highest BCUT2D eigenvalue weighted by Gasteiger charge is 2.09. The van der Waals surface area contributed by atoms with E-state index in [-0.39, 0.29) is 0 Å². The van der Waals surface area contributed by atoms with Crippen LogP contribution < -0.4 is 0 Å². The van der Waals surface area contributed by atoms with Crippen molar-refractivity contribution in [1.82, 2.24) is 14.8 Å². The molecule has 0 saturated carbocycles. The average molecular weight is 258 g/mol. The van der Waals surface area contributed by atoms with E-state index >= 15 is 0 Å². The predicted molar refractivity (Wildman–Crippen MR) is 62.1 cm³/mol. The van der Waals surface area contributed by atoms with Crippen molar-refractivity contribution in [1.29, 1.82) is 0 Å². The van der Waals surface area contributed by atoms with Crippen LogP contribution in [0.5, 0.6) is 0 Å². The number of ether oxygens (including phenoxy) is 1. The van der Waals surface area contributed by atoms with Gasteiger partial charge in [-0.2, -0.15) is 5.10 Å². The Morgan fingerprint density at radius 2 is 2.12 bits per heavy atom. The van der Waals surface area contributed by atoms with Crippen LogP contribution in [-0.2, 0) is 11.3 Å². The van der Waals surface area contributed by atoms with E-state index in [1.165, 1.54) is 0 Å². The van der Waals surface area contributed by atoms with Gasteiger partial charge in [-0.3, -0.25) is 0 Å². The van der Waals surface area contributed by atoms with Gasteiger partial charge in [0.25, 0.3) is 0 Å². The molecule has 4 nitrogen and oxygen atoms in total. The highest BCUT2D eigenvalue weighted by Crippen LogP contribution is 2.21. The first-order valence-corrected chi connectivity index (χ1v) is 5.32. The summed E-state index contributed by atoms with van der Waals surface area (Å²) < 4.78 is 6.74. The van der Waals surface area contributed by atoms with Gasteiger partial charge in [-0.25, -0.2) is 9.67 Å². The molecule has 2 aromatic heterocycles. The summed E-state index contributed by atoms with van der Waals surface area (Å²) in [5, 5.41) is 4.83. The molecular formula is C10H9Cl2N3O.